The fourth-order valence-electron chi connectivity index (χ4n) is 2.68. The maximum absolute atomic E-state index is 14.1. The summed E-state index contributed by atoms with van der Waals surface area (Å²) in [5, 5.41) is 9.58. The molecule has 0 unspecified atom stereocenters. The summed E-state index contributed by atoms with van der Waals surface area (Å²) in [6.45, 7) is 4.40. The molecule has 0 radical (unpaired) electrons. The number of aliphatic hydroxyl groups is 1. The number of carbonyl (C=O) groups excluding carboxylic acids is 2. The van der Waals surface area contributed by atoms with E-state index in [-0.39, 0.29) is 19.6 Å². The van der Waals surface area contributed by atoms with Gasteiger partial charge in [0, 0.05) is 19.6 Å². The van der Waals surface area contributed by atoms with E-state index in [1.54, 1.807) is 20.8 Å². The number of halogens is 4. The zero-order valence-electron chi connectivity index (χ0n) is 15.1. The van der Waals surface area contributed by atoms with Gasteiger partial charge in [0.15, 0.2) is 11.6 Å². The zero-order chi connectivity index (χ0) is 20.5. The van der Waals surface area contributed by atoms with Crippen LogP contribution in [0.1, 0.15) is 31.1 Å². The van der Waals surface area contributed by atoms with Gasteiger partial charge in [-0.25, -0.2) is 18.0 Å². The van der Waals surface area contributed by atoms with Crippen molar-refractivity contribution in [3.63, 3.8) is 0 Å². The summed E-state index contributed by atoms with van der Waals surface area (Å²) in [4.78, 5) is 27.1. The molecule has 0 bridgehead atoms. The SMILES string of the molecule is CC(C)(C)OC(=O)N1CCN(C(=O)c2c(F)cc(Br)c(F)c2F)[C@@H](CO)C1. The first-order chi connectivity index (χ1) is 12.5. The molecule has 2 rings (SSSR count). The van der Waals surface area contributed by atoms with Gasteiger partial charge in [-0.3, -0.25) is 4.79 Å². The van der Waals surface area contributed by atoms with Crippen LogP contribution < -0.4 is 0 Å². The molecule has 0 saturated carbocycles. The molecule has 150 valence electrons. The van der Waals surface area contributed by atoms with E-state index < -0.39 is 57.7 Å². The first-order valence-electron chi connectivity index (χ1n) is 8.19. The van der Waals surface area contributed by atoms with Gasteiger partial charge in [0.2, 0.25) is 0 Å². The normalized spacial score (nSPS) is 17.9. The van der Waals surface area contributed by atoms with E-state index in [9.17, 15) is 27.9 Å². The molecule has 1 aliphatic rings. The Morgan fingerprint density at radius 2 is 1.89 bits per heavy atom. The van der Waals surface area contributed by atoms with Crippen molar-refractivity contribution in [1.82, 2.24) is 9.80 Å². The van der Waals surface area contributed by atoms with E-state index >= 15 is 0 Å². The third kappa shape index (κ3) is 4.73. The lowest BCUT2D eigenvalue weighted by Crippen LogP contribution is -2.58. The lowest BCUT2D eigenvalue weighted by molar-refractivity contribution is -0.00270. The van der Waals surface area contributed by atoms with Crippen LogP contribution in [0.4, 0.5) is 18.0 Å². The number of ether oxygens (including phenoxy) is 1. The van der Waals surface area contributed by atoms with Gasteiger partial charge in [-0.15, -0.1) is 0 Å². The number of piperazine rings is 1. The number of benzene rings is 1. The summed E-state index contributed by atoms with van der Waals surface area (Å²) < 4.78 is 46.7. The second-order valence-corrected chi connectivity index (χ2v) is 7.96. The van der Waals surface area contributed by atoms with Gasteiger partial charge in [0.25, 0.3) is 5.91 Å². The highest BCUT2D eigenvalue weighted by Crippen LogP contribution is 2.26. The van der Waals surface area contributed by atoms with Gasteiger partial charge in [-0.2, -0.15) is 0 Å². The Bertz CT molecular complexity index is 755. The molecule has 1 heterocycles. The number of carbonyl (C=O) groups is 2. The van der Waals surface area contributed by atoms with Gasteiger partial charge in [0.05, 0.1) is 17.1 Å². The molecule has 0 aromatic heterocycles. The Balaban J connectivity index is 2.22. The molecule has 27 heavy (non-hydrogen) atoms. The van der Waals surface area contributed by atoms with Crippen LogP contribution in [-0.2, 0) is 4.74 Å². The van der Waals surface area contributed by atoms with Gasteiger partial charge in [0.1, 0.15) is 17.0 Å². The van der Waals surface area contributed by atoms with Crippen molar-refractivity contribution >= 4 is 27.9 Å². The molecule has 0 spiro atoms. The van der Waals surface area contributed by atoms with Crippen LogP contribution in [0, 0.1) is 17.5 Å². The first kappa shape index (κ1) is 21.5. The molecule has 1 aliphatic heterocycles. The average Bonchev–Trinajstić information content (AvgIpc) is 2.57. The molecular weight excluding hydrogens is 433 g/mol. The Hall–Kier alpha value is -1.81. The fraction of sp³-hybridized carbons (Fsp3) is 0.529. The zero-order valence-corrected chi connectivity index (χ0v) is 16.6. The maximum atomic E-state index is 14.1. The molecule has 0 aliphatic carbocycles. The number of hydrogen-bond acceptors (Lipinski definition) is 4. The van der Waals surface area contributed by atoms with Gasteiger partial charge >= 0.3 is 6.09 Å². The van der Waals surface area contributed by atoms with E-state index in [1.807, 2.05) is 0 Å². The highest BCUT2D eigenvalue weighted by Gasteiger charge is 2.37. The minimum atomic E-state index is -1.61. The van der Waals surface area contributed by atoms with Crippen molar-refractivity contribution in [3.8, 4) is 0 Å². The molecule has 1 saturated heterocycles. The van der Waals surface area contributed by atoms with E-state index in [1.165, 1.54) is 4.90 Å². The minimum Gasteiger partial charge on any atom is -0.444 e. The summed E-state index contributed by atoms with van der Waals surface area (Å²) in [5.74, 6) is -5.32. The highest BCUT2D eigenvalue weighted by molar-refractivity contribution is 9.10. The molecule has 1 aromatic rings. The number of aliphatic hydroxyl groups excluding tert-OH is 1. The second kappa shape index (κ2) is 8.05. The molecule has 2 amide bonds. The predicted octanol–water partition coefficient (Wildman–Crippen LogP) is 2.92. The monoisotopic (exact) mass is 452 g/mol. The van der Waals surface area contributed by atoms with E-state index in [0.29, 0.717) is 6.07 Å². The number of nitrogens with zero attached hydrogens (tertiary/aromatic N) is 2. The van der Waals surface area contributed by atoms with Crippen molar-refractivity contribution in [3.05, 3.63) is 33.6 Å². The third-order valence-corrected chi connectivity index (χ3v) is 4.51. The molecular formula is C17H20BrF3N2O4. The summed E-state index contributed by atoms with van der Waals surface area (Å²) in [7, 11) is 0. The van der Waals surface area contributed by atoms with Gasteiger partial charge in [-0.05, 0) is 42.8 Å². The highest BCUT2D eigenvalue weighted by atomic mass is 79.9. The Kier molecular flexibility index (Phi) is 6.41. The largest absolute Gasteiger partial charge is 0.444 e. The van der Waals surface area contributed by atoms with E-state index in [4.69, 9.17) is 4.74 Å². The van der Waals surface area contributed by atoms with Crippen LogP contribution in [0.15, 0.2) is 10.5 Å². The quantitative estimate of drug-likeness (QED) is 0.553. The van der Waals surface area contributed by atoms with E-state index in [2.05, 4.69) is 15.9 Å². The van der Waals surface area contributed by atoms with Crippen LogP contribution >= 0.6 is 15.9 Å². The molecule has 10 heteroatoms. The predicted molar refractivity (Wildman–Crippen MR) is 93.7 cm³/mol. The van der Waals surface area contributed by atoms with Gasteiger partial charge < -0.3 is 19.6 Å². The summed E-state index contributed by atoms with van der Waals surface area (Å²) >= 11 is 2.67. The van der Waals surface area contributed by atoms with Crippen LogP contribution in [0.3, 0.4) is 0 Å². The van der Waals surface area contributed by atoms with E-state index in [0.717, 1.165) is 4.90 Å². The summed E-state index contributed by atoms with van der Waals surface area (Å²) in [5.41, 5.74) is -1.76. The smallest absolute Gasteiger partial charge is 0.410 e. The molecule has 6 nitrogen and oxygen atoms in total. The number of amides is 2. The average molecular weight is 453 g/mol. The van der Waals surface area contributed by atoms with Crippen LogP contribution in [0.2, 0.25) is 0 Å². The van der Waals surface area contributed by atoms with Gasteiger partial charge in [-0.1, -0.05) is 0 Å². The van der Waals surface area contributed by atoms with Crippen molar-refractivity contribution < 1.29 is 32.6 Å². The maximum Gasteiger partial charge on any atom is 0.410 e. The molecule has 1 N–H and O–H groups in total. The van der Waals surface area contributed by atoms with Crippen molar-refractivity contribution in [2.24, 2.45) is 0 Å². The van der Waals surface area contributed by atoms with Crippen molar-refractivity contribution in [2.45, 2.75) is 32.4 Å². The lowest BCUT2D eigenvalue weighted by Gasteiger charge is -2.41. The molecule has 1 fully saturated rings. The summed E-state index contributed by atoms with van der Waals surface area (Å²) in [6, 6.07) is -0.249. The van der Waals surface area contributed by atoms with Crippen molar-refractivity contribution in [2.75, 3.05) is 26.2 Å². The van der Waals surface area contributed by atoms with Crippen molar-refractivity contribution in [1.29, 1.82) is 0 Å². The topological polar surface area (TPSA) is 70.1 Å². The van der Waals surface area contributed by atoms with Crippen LogP contribution in [-0.4, -0.2) is 64.8 Å². The fourth-order valence-corrected chi connectivity index (χ4v) is 3.05. The minimum absolute atomic E-state index is 0.0411. The standard InChI is InChI=1S/C17H20BrF3N2O4/c1-17(2,3)27-16(26)22-4-5-23(9(7-22)8-24)15(25)12-11(19)6-10(18)13(20)14(12)21/h6,9,24H,4-5,7-8H2,1-3H3/t9-/m1/s1. The molecule has 1 aromatic carbocycles. The Labute approximate surface area is 163 Å². The number of hydrogen-bond donors (Lipinski definition) is 1. The third-order valence-electron chi connectivity index (χ3n) is 3.93. The molecule has 1 atom stereocenters. The second-order valence-electron chi connectivity index (χ2n) is 7.10. The Morgan fingerprint density at radius 3 is 2.44 bits per heavy atom. The lowest BCUT2D eigenvalue weighted by atomic mass is 10.1. The number of rotatable bonds is 2. The van der Waals surface area contributed by atoms with Crippen LogP contribution in [0.5, 0.6) is 0 Å². The van der Waals surface area contributed by atoms with Crippen LogP contribution in [0.25, 0.3) is 0 Å². The first-order valence-corrected chi connectivity index (χ1v) is 8.98. The Morgan fingerprint density at radius 1 is 1.26 bits per heavy atom. The summed E-state index contributed by atoms with van der Waals surface area (Å²) in [6.07, 6.45) is -0.625.